The van der Waals surface area contributed by atoms with Crippen LogP contribution in [-0.4, -0.2) is 65.0 Å². The summed E-state index contributed by atoms with van der Waals surface area (Å²) in [6, 6.07) is 8.50. The number of carbonyl (C=O) groups excluding carboxylic acids is 4. The number of nitrogens with one attached hydrogen (secondary N) is 3. The van der Waals surface area contributed by atoms with Gasteiger partial charge in [-0.1, -0.05) is 55.3 Å². The molecular formula is C31H44N4O5. The smallest absolute Gasteiger partial charge is 0.408 e. The third kappa shape index (κ3) is 7.64. The molecule has 1 saturated heterocycles. The van der Waals surface area contributed by atoms with Gasteiger partial charge >= 0.3 is 6.09 Å². The molecule has 2 fully saturated rings. The molecule has 1 aromatic carbocycles. The van der Waals surface area contributed by atoms with E-state index < -0.39 is 29.3 Å². The minimum absolute atomic E-state index is 0.0783. The molecule has 218 valence electrons. The molecule has 4 amide bonds. The molecule has 4 atom stereocenters. The summed E-state index contributed by atoms with van der Waals surface area (Å²) < 4.78 is 5.41. The van der Waals surface area contributed by atoms with Gasteiger partial charge in [-0.25, -0.2) is 4.79 Å². The van der Waals surface area contributed by atoms with E-state index in [4.69, 9.17) is 4.74 Å². The molecular weight excluding hydrogens is 508 g/mol. The summed E-state index contributed by atoms with van der Waals surface area (Å²) in [7, 11) is 0. The normalized spacial score (nSPS) is 28.2. The predicted octanol–water partition coefficient (Wildman–Crippen LogP) is 3.62. The van der Waals surface area contributed by atoms with Crippen molar-refractivity contribution in [1.82, 2.24) is 20.9 Å². The van der Waals surface area contributed by atoms with E-state index in [9.17, 15) is 19.2 Å². The number of ether oxygens (including phenoxy) is 1. The van der Waals surface area contributed by atoms with Crippen LogP contribution < -0.4 is 16.0 Å². The van der Waals surface area contributed by atoms with E-state index in [1.165, 1.54) is 0 Å². The Morgan fingerprint density at radius 3 is 2.60 bits per heavy atom. The zero-order chi connectivity index (χ0) is 28.8. The highest BCUT2D eigenvalue weighted by molar-refractivity contribution is 5.98. The Bertz CT molecular complexity index is 1100. The molecule has 0 unspecified atom stereocenters. The van der Waals surface area contributed by atoms with Crippen molar-refractivity contribution < 1.29 is 23.9 Å². The Hall–Kier alpha value is -3.36. The monoisotopic (exact) mass is 552 g/mol. The second-order valence-electron chi connectivity index (χ2n) is 12.2. The van der Waals surface area contributed by atoms with Crippen molar-refractivity contribution in [2.24, 2.45) is 5.92 Å². The quantitative estimate of drug-likeness (QED) is 0.483. The first-order chi connectivity index (χ1) is 19.1. The Labute approximate surface area is 237 Å². The van der Waals surface area contributed by atoms with Crippen molar-refractivity contribution in [2.45, 2.75) is 102 Å². The highest BCUT2D eigenvalue weighted by atomic mass is 16.6. The predicted molar refractivity (Wildman–Crippen MR) is 152 cm³/mol. The van der Waals surface area contributed by atoms with Crippen LogP contribution in [0.25, 0.3) is 0 Å². The first kappa shape index (κ1) is 29.6. The fourth-order valence-electron chi connectivity index (χ4n) is 5.67. The van der Waals surface area contributed by atoms with Crippen molar-refractivity contribution in [3.05, 3.63) is 48.0 Å². The lowest BCUT2D eigenvalue weighted by Gasteiger charge is -2.30. The Morgan fingerprint density at radius 2 is 1.85 bits per heavy atom. The van der Waals surface area contributed by atoms with Gasteiger partial charge in [0.25, 0.3) is 0 Å². The van der Waals surface area contributed by atoms with Crippen LogP contribution in [0.4, 0.5) is 4.79 Å². The van der Waals surface area contributed by atoms with Gasteiger partial charge in [-0.15, -0.1) is 0 Å². The van der Waals surface area contributed by atoms with Crippen LogP contribution in [-0.2, 0) is 25.5 Å². The largest absolute Gasteiger partial charge is 0.444 e. The molecule has 0 spiro atoms. The SMILES string of the molecule is CC(C)(C)OC(=O)N[C@H]1CCCCC/C=C\[C@@H]2C[C@@]2(C(=O)NCCc2ccccc2)NC(=O)[C@@H]2CCCN2C1=O. The van der Waals surface area contributed by atoms with Gasteiger partial charge in [0.2, 0.25) is 17.7 Å². The lowest BCUT2D eigenvalue weighted by atomic mass is 10.0. The first-order valence-electron chi connectivity index (χ1n) is 14.7. The van der Waals surface area contributed by atoms with E-state index in [0.717, 1.165) is 31.2 Å². The van der Waals surface area contributed by atoms with E-state index in [2.05, 4.69) is 28.1 Å². The van der Waals surface area contributed by atoms with Gasteiger partial charge < -0.3 is 25.6 Å². The number of amides is 4. The summed E-state index contributed by atoms with van der Waals surface area (Å²) in [5.41, 5.74) is -0.560. The van der Waals surface area contributed by atoms with E-state index >= 15 is 0 Å². The first-order valence-corrected chi connectivity index (χ1v) is 14.7. The zero-order valence-corrected chi connectivity index (χ0v) is 24.0. The summed E-state index contributed by atoms with van der Waals surface area (Å²) in [6.07, 6.45) is 9.88. The van der Waals surface area contributed by atoms with Crippen molar-refractivity contribution in [3.8, 4) is 0 Å². The molecule has 1 saturated carbocycles. The van der Waals surface area contributed by atoms with Crippen molar-refractivity contribution in [1.29, 1.82) is 0 Å². The number of fused-ring (bicyclic) bond motifs is 2. The molecule has 0 aromatic heterocycles. The lowest BCUT2D eigenvalue weighted by Crippen LogP contribution is -2.58. The van der Waals surface area contributed by atoms with Gasteiger partial charge in [-0.2, -0.15) is 0 Å². The molecule has 4 rings (SSSR count). The van der Waals surface area contributed by atoms with E-state index in [0.29, 0.717) is 45.2 Å². The van der Waals surface area contributed by atoms with Crippen LogP contribution in [0.2, 0.25) is 0 Å². The van der Waals surface area contributed by atoms with Crippen LogP contribution >= 0.6 is 0 Å². The van der Waals surface area contributed by atoms with Crippen LogP contribution in [0, 0.1) is 5.92 Å². The van der Waals surface area contributed by atoms with E-state index in [-0.39, 0.29) is 23.6 Å². The van der Waals surface area contributed by atoms with Crippen LogP contribution in [0.15, 0.2) is 42.5 Å². The number of hydrogen-bond donors (Lipinski definition) is 3. The molecule has 2 heterocycles. The summed E-state index contributed by atoms with van der Waals surface area (Å²) >= 11 is 0. The molecule has 0 bridgehead atoms. The number of alkyl carbamates (subject to hydrolysis) is 1. The summed E-state index contributed by atoms with van der Waals surface area (Å²) in [5.74, 6) is -0.849. The second-order valence-corrected chi connectivity index (χ2v) is 12.2. The number of nitrogens with zero attached hydrogens (tertiary/aromatic N) is 1. The molecule has 1 aliphatic carbocycles. The third-order valence-corrected chi connectivity index (χ3v) is 7.87. The van der Waals surface area contributed by atoms with Crippen molar-refractivity contribution >= 4 is 23.8 Å². The maximum atomic E-state index is 13.7. The molecule has 9 nitrogen and oxygen atoms in total. The molecule has 3 aliphatic rings. The van der Waals surface area contributed by atoms with E-state index in [1.807, 2.05) is 30.3 Å². The molecule has 2 aliphatic heterocycles. The van der Waals surface area contributed by atoms with Gasteiger partial charge in [0.05, 0.1) is 0 Å². The second kappa shape index (κ2) is 12.9. The minimum Gasteiger partial charge on any atom is -0.444 e. The lowest BCUT2D eigenvalue weighted by molar-refractivity contribution is -0.141. The van der Waals surface area contributed by atoms with E-state index in [1.54, 1.807) is 25.7 Å². The fourth-order valence-corrected chi connectivity index (χ4v) is 5.67. The van der Waals surface area contributed by atoms with Crippen LogP contribution in [0.5, 0.6) is 0 Å². The van der Waals surface area contributed by atoms with Crippen molar-refractivity contribution in [3.63, 3.8) is 0 Å². The Balaban J connectivity index is 1.47. The number of rotatable bonds is 5. The maximum Gasteiger partial charge on any atom is 0.408 e. The summed E-state index contributed by atoms with van der Waals surface area (Å²) in [6.45, 7) is 6.24. The minimum atomic E-state index is -1.00. The summed E-state index contributed by atoms with van der Waals surface area (Å²) in [5, 5.41) is 8.85. The van der Waals surface area contributed by atoms with Gasteiger partial charge in [0, 0.05) is 19.0 Å². The van der Waals surface area contributed by atoms with Crippen LogP contribution in [0.1, 0.15) is 77.7 Å². The highest BCUT2D eigenvalue weighted by Gasteiger charge is 2.60. The molecule has 3 N–H and O–H groups in total. The number of allylic oxidation sites excluding steroid dienone is 1. The van der Waals surface area contributed by atoms with Gasteiger partial charge in [-0.3, -0.25) is 14.4 Å². The summed E-state index contributed by atoms with van der Waals surface area (Å²) in [4.78, 5) is 54.9. The maximum absolute atomic E-state index is 13.7. The molecule has 0 radical (unpaired) electrons. The highest BCUT2D eigenvalue weighted by Crippen LogP contribution is 2.45. The third-order valence-electron chi connectivity index (χ3n) is 7.87. The molecule has 40 heavy (non-hydrogen) atoms. The zero-order valence-electron chi connectivity index (χ0n) is 24.0. The number of carbonyl (C=O) groups is 4. The number of benzene rings is 1. The van der Waals surface area contributed by atoms with Crippen LogP contribution in [0.3, 0.4) is 0 Å². The molecule has 1 aromatic rings. The molecule has 9 heteroatoms. The Kier molecular flexibility index (Phi) is 9.53. The Morgan fingerprint density at radius 1 is 1.07 bits per heavy atom. The fraction of sp³-hybridized carbons (Fsp3) is 0.613. The van der Waals surface area contributed by atoms with Gasteiger partial charge in [0.1, 0.15) is 23.2 Å². The van der Waals surface area contributed by atoms with Gasteiger partial charge in [0.15, 0.2) is 0 Å². The average Bonchev–Trinajstić information content (AvgIpc) is 3.36. The number of hydrogen-bond acceptors (Lipinski definition) is 5. The van der Waals surface area contributed by atoms with Crippen molar-refractivity contribution in [2.75, 3.05) is 13.1 Å². The topological polar surface area (TPSA) is 117 Å². The van der Waals surface area contributed by atoms with Gasteiger partial charge in [-0.05, 0) is 71.3 Å². The average molecular weight is 553 g/mol. The standard InChI is InChI=1S/C31H44N4O5/c1-30(2,3)40-29(39)33-24-16-11-6-4-5-10-15-23-21-31(23,28(38)32-19-18-22-13-8-7-9-14-22)34-26(36)25-17-12-20-35(25)27(24)37/h7-10,13-15,23-25H,4-6,11-12,16-21H2,1-3H3,(H,32,38)(H,33,39)(H,34,36)/b15-10-/t23-,24+,25+,31-/m1/s1.